The van der Waals surface area contributed by atoms with E-state index in [9.17, 15) is 0 Å². The Kier molecular flexibility index (Phi) is 4.08. The number of halogens is 1. The van der Waals surface area contributed by atoms with E-state index in [1.54, 1.807) is 17.5 Å². The molecule has 100 valence electrons. The van der Waals surface area contributed by atoms with Crippen LogP contribution in [0.25, 0.3) is 0 Å². The molecule has 0 unspecified atom stereocenters. The van der Waals surface area contributed by atoms with Crippen LogP contribution >= 0.6 is 35.2 Å². The lowest BCUT2D eigenvalue weighted by Crippen LogP contribution is -2.27. The van der Waals surface area contributed by atoms with Gasteiger partial charge in [0.05, 0.1) is 10.6 Å². The van der Waals surface area contributed by atoms with Crippen molar-refractivity contribution in [3.8, 4) is 0 Å². The number of thiazole rings is 1. The van der Waals surface area contributed by atoms with Gasteiger partial charge in [-0.1, -0.05) is 23.8 Å². The van der Waals surface area contributed by atoms with E-state index in [-0.39, 0.29) is 5.54 Å². The Bertz CT molecular complexity index is 594. The van der Waals surface area contributed by atoms with E-state index in [0.717, 1.165) is 10.7 Å². The summed E-state index contributed by atoms with van der Waals surface area (Å²) >= 11 is 12.7. The number of nitrogens with zero attached hydrogens (tertiary/aromatic N) is 1. The first-order valence-electron chi connectivity index (χ1n) is 5.67. The Morgan fingerprint density at radius 1 is 1.47 bits per heavy atom. The zero-order valence-electron chi connectivity index (χ0n) is 10.6. The summed E-state index contributed by atoms with van der Waals surface area (Å²) in [5.74, 6) is 0. The van der Waals surface area contributed by atoms with Crippen LogP contribution < -0.4 is 11.1 Å². The van der Waals surface area contributed by atoms with Crippen molar-refractivity contribution in [3.05, 3.63) is 45.4 Å². The van der Waals surface area contributed by atoms with E-state index in [1.807, 2.05) is 23.6 Å². The van der Waals surface area contributed by atoms with Gasteiger partial charge in [-0.05, 0) is 32.0 Å². The van der Waals surface area contributed by atoms with Gasteiger partial charge in [0.15, 0.2) is 0 Å². The molecule has 0 saturated heterocycles. The summed E-state index contributed by atoms with van der Waals surface area (Å²) in [4.78, 5) is 4.64. The number of nitrogens with two attached hydrogens (primary N) is 1. The molecule has 0 amide bonds. The molecule has 2 rings (SSSR count). The van der Waals surface area contributed by atoms with Crippen LogP contribution in [0, 0.1) is 0 Å². The molecule has 0 aliphatic heterocycles. The Hall–Kier alpha value is -1.17. The average molecular weight is 312 g/mol. The summed E-state index contributed by atoms with van der Waals surface area (Å²) in [6, 6.07) is 5.56. The van der Waals surface area contributed by atoms with Crippen molar-refractivity contribution in [3.63, 3.8) is 0 Å². The van der Waals surface area contributed by atoms with E-state index in [4.69, 9.17) is 29.6 Å². The van der Waals surface area contributed by atoms with Crippen molar-refractivity contribution in [2.24, 2.45) is 5.73 Å². The quantitative estimate of drug-likeness (QED) is 0.844. The smallest absolute Gasteiger partial charge is 0.117 e. The highest BCUT2D eigenvalue weighted by Gasteiger charge is 2.23. The molecule has 0 spiro atoms. The third kappa shape index (κ3) is 3.23. The van der Waals surface area contributed by atoms with Crippen LogP contribution in [0.4, 0.5) is 5.69 Å². The molecule has 0 radical (unpaired) electrons. The fourth-order valence-electron chi connectivity index (χ4n) is 1.74. The molecule has 0 atom stereocenters. The maximum Gasteiger partial charge on any atom is 0.117 e. The highest BCUT2D eigenvalue weighted by atomic mass is 35.5. The maximum atomic E-state index is 6.16. The van der Waals surface area contributed by atoms with Gasteiger partial charge in [-0.3, -0.25) is 0 Å². The highest BCUT2D eigenvalue weighted by Crippen LogP contribution is 2.29. The van der Waals surface area contributed by atoms with Crippen molar-refractivity contribution in [1.29, 1.82) is 0 Å². The third-order valence-electron chi connectivity index (χ3n) is 2.66. The fourth-order valence-corrected chi connectivity index (χ4v) is 2.97. The van der Waals surface area contributed by atoms with Gasteiger partial charge in [0.1, 0.15) is 10.00 Å². The van der Waals surface area contributed by atoms with Gasteiger partial charge in [-0.15, -0.1) is 11.3 Å². The zero-order valence-corrected chi connectivity index (χ0v) is 13.0. The Balaban J connectivity index is 2.25. The van der Waals surface area contributed by atoms with E-state index in [0.29, 0.717) is 15.6 Å². The molecule has 6 heteroatoms. The first-order valence-corrected chi connectivity index (χ1v) is 7.34. The van der Waals surface area contributed by atoms with Gasteiger partial charge in [0.25, 0.3) is 0 Å². The molecule has 3 N–H and O–H groups in total. The molecular weight excluding hydrogens is 298 g/mol. The molecule has 1 aromatic carbocycles. The van der Waals surface area contributed by atoms with Crippen molar-refractivity contribution >= 4 is 45.8 Å². The molecule has 0 aliphatic rings. The van der Waals surface area contributed by atoms with E-state index in [2.05, 4.69) is 24.1 Å². The molecule has 0 aliphatic carbocycles. The van der Waals surface area contributed by atoms with Crippen LogP contribution in [0.3, 0.4) is 0 Å². The third-order valence-corrected chi connectivity index (χ3v) is 4.29. The van der Waals surface area contributed by atoms with Gasteiger partial charge >= 0.3 is 0 Å². The highest BCUT2D eigenvalue weighted by molar-refractivity contribution is 7.80. The van der Waals surface area contributed by atoms with Crippen LogP contribution in [0.15, 0.2) is 29.8 Å². The first kappa shape index (κ1) is 14.2. The monoisotopic (exact) mass is 311 g/mol. The molecule has 2 aromatic rings. The summed E-state index contributed by atoms with van der Waals surface area (Å²) in [6.45, 7) is 4.14. The van der Waals surface area contributed by atoms with Gasteiger partial charge in [-0.25, -0.2) is 4.98 Å². The summed E-state index contributed by atoms with van der Waals surface area (Å²) in [7, 11) is 0. The SMILES string of the molecule is CC(C)(Nc1ccc(C(N)=S)c(Cl)c1)c1nccs1. The molecule has 0 bridgehead atoms. The molecule has 0 saturated carbocycles. The van der Waals surface area contributed by atoms with Crippen LogP contribution in [0.5, 0.6) is 0 Å². The largest absolute Gasteiger partial charge is 0.389 e. The number of hydrogen-bond acceptors (Lipinski definition) is 4. The summed E-state index contributed by atoms with van der Waals surface area (Å²) in [5.41, 5.74) is 6.92. The summed E-state index contributed by atoms with van der Waals surface area (Å²) in [6.07, 6.45) is 1.80. The van der Waals surface area contributed by atoms with Crippen LogP contribution in [0.1, 0.15) is 24.4 Å². The second-order valence-electron chi connectivity index (χ2n) is 4.65. The number of nitrogens with one attached hydrogen (secondary N) is 1. The van der Waals surface area contributed by atoms with Crippen LogP contribution in [0.2, 0.25) is 5.02 Å². The molecular formula is C13H14ClN3S2. The molecule has 3 nitrogen and oxygen atoms in total. The van der Waals surface area contributed by atoms with Gasteiger partial charge in [-0.2, -0.15) is 0 Å². The molecule has 19 heavy (non-hydrogen) atoms. The predicted molar refractivity (Wildman–Crippen MR) is 86.1 cm³/mol. The number of rotatable bonds is 4. The lowest BCUT2D eigenvalue weighted by Gasteiger charge is -2.25. The topological polar surface area (TPSA) is 50.9 Å². The van der Waals surface area contributed by atoms with Crippen LogP contribution in [-0.4, -0.2) is 9.97 Å². The van der Waals surface area contributed by atoms with E-state index < -0.39 is 0 Å². The minimum Gasteiger partial charge on any atom is -0.389 e. The number of benzene rings is 1. The van der Waals surface area contributed by atoms with Gasteiger partial charge < -0.3 is 11.1 Å². The predicted octanol–water partition coefficient (Wildman–Crippen LogP) is 3.78. The number of anilines is 1. The Labute approximate surface area is 126 Å². The number of hydrogen-bond donors (Lipinski definition) is 2. The Morgan fingerprint density at radius 3 is 2.74 bits per heavy atom. The second-order valence-corrected chi connectivity index (χ2v) is 6.39. The zero-order chi connectivity index (χ0) is 14.0. The fraction of sp³-hybridized carbons (Fsp3) is 0.231. The van der Waals surface area contributed by atoms with Gasteiger partial charge in [0.2, 0.25) is 0 Å². The first-order chi connectivity index (χ1) is 8.90. The average Bonchev–Trinajstić information content (AvgIpc) is 2.81. The standard InChI is InChI=1S/C13H14ClN3S2/c1-13(2,12-16-5-6-19-12)17-8-3-4-9(11(15)18)10(14)7-8/h3-7,17H,1-2H3,(H2,15,18). The van der Waals surface area contributed by atoms with Crippen LogP contribution in [-0.2, 0) is 5.54 Å². The van der Waals surface area contributed by atoms with Crippen molar-refractivity contribution in [2.75, 3.05) is 5.32 Å². The Morgan fingerprint density at radius 2 is 2.21 bits per heavy atom. The van der Waals surface area contributed by atoms with Crippen molar-refractivity contribution < 1.29 is 0 Å². The van der Waals surface area contributed by atoms with E-state index in [1.165, 1.54) is 0 Å². The summed E-state index contributed by atoms with van der Waals surface area (Å²) in [5, 5.41) is 6.93. The number of thiocarbonyl (C=S) groups is 1. The lowest BCUT2D eigenvalue weighted by molar-refractivity contribution is 0.604. The number of aromatic nitrogens is 1. The van der Waals surface area contributed by atoms with Crippen molar-refractivity contribution in [2.45, 2.75) is 19.4 Å². The second kappa shape index (κ2) is 5.45. The minimum atomic E-state index is -0.262. The van der Waals surface area contributed by atoms with Crippen molar-refractivity contribution in [1.82, 2.24) is 4.98 Å². The molecule has 1 heterocycles. The molecule has 1 aromatic heterocycles. The molecule has 0 fully saturated rings. The summed E-state index contributed by atoms with van der Waals surface area (Å²) < 4.78 is 0. The maximum absolute atomic E-state index is 6.16. The lowest BCUT2D eigenvalue weighted by atomic mass is 10.1. The van der Waals surface area contributed by atoms with E-state index >= 15 is 0 Å². The van der Waals surface area contributed by atoms with Gasteiger partial charge in [0, 0.05) is 22.8 Å². The normalized spacial score (nSPS) is 11.3. The minimum absolute atomic E-state index is 0.262.